The number of halogens is 1. The van der Waals surface area contributed by atoms with Crippen LogP contribution >= 0.6 is 11.6 Å². The molecule has 0 aliphatic carbocycles. The Balaban J connectivity index is 2.20. The minimum Gasteiger partial charge on any atom is -0.496 e. The number of aromatic nitrogens is 2. The van der Waals surface area contributed by atoms with E-state index in [0.29, 0.717) is 17.2 Å². The zero-order valence-corrected chi connectivity index (χ0v) is 11.1. The number of ether oxygens (including phenoxy) is 1. The summed E-state index contributed by atoms with van der Waals surface area (Å²) in [6.45, 7) is 0. The second kappa shape index (κ2) is 5.42. The zero-order chi connectivity index (χ0) is 13.1. The van der Waals surface area contributed by atoms with Crippen molar-refractivity contribution in [3.63, 3.8) is 0 Å². The normalized spacial score (nSPS) is 12.4. The van der Waals surface area contributed by atoms with Crippen LogP contribution in [0.4, 0.5) is 0 Å². The van der Waals surface area contributed by atoms with Gasteiger partial charge in [0.05, 0.1) is 19.4 Å². The Hall–Kier alpha value is -1.52. The lowest BCUT2D eigenvalue weighted by atomic mass is 10.0. The predicted molar refractivity (Wildman–Crippen MR) is 69.9 cm³/mol. The van der Waals surface area contributed by atoms with Crippen LogP contribution in [-0.4, -0.2) is 22.0 Å². The molecular weight excluding hydrogens is 252 g/mol. The summed E-state index contributed by atoms with van der Waals surface area (Å²) in [4.78, 5) is 0. The molecule has 0 saturated carbocycles. The highest BCUT2D eigenvalue weighted by atomic mass is 35.5. The van der Waals surface area contributed by atoms with Crippen molar-refractivity contribution in [3.05, 3.63) is 46.7 Å². The fourth-order valence-corrected chi connectivity index (χ4v) is 2.03. The van der Waals surface area contributed by atoms with E-state index in [-0.39, 0.29) is 0 Å². The molecule has 0 saturated heterocycles. The molecule has 1 atom stereocenters. The molecule has 1 aromatic heterocycles. The third-order valence-electron chi connectivity index (χ3n) is 2.74. The van der Waals surface area contributed by atoms with Crippen LogP contribution in [0.1, 0.15) is 17.2 Å². The predicted octanol–water partition coefficient (Wildman–Crippen LogP) is 2.36. The lowest BCUT2D eigenvalue weighted by Gasteiger charge is -2.14. The Labute approximate surface area is 111 Å². The first-order valence-electron chi connectivity index (χ1n) is 5.59. The van der Waals surface area contributed by atoms with Gasteiger partial charge in [0.25, 0.3) is 0 Å². The van der Waals surface area contributed by atoms with E-state index in [2.05, 4.69) is 5.10 Å². The Kier molecular flexibility index (Phi) is 3.89. The topological polar surface area (TPSA) is 47.3 Å². The molecule has 2 aromatic rings. The van der Waals surface area contributed by atoms with E-state index in [0.717, 1.165) is 11.1 Å². The van der Waals surface area contributed by atoms with Crippen LogP contribution < -0.4 is 4.74 Å². The number of aliphatic hydroxyl groups is 1. The number of aliphatic hydroxyl groups excluding tert-OH is 1. The van der Waals surface area contributed by atoms with E-state index in [1.165, 1.54) is 0 Å². The zero-order valence-electron chi connectivity index (χ0n) is 10.3. The van der Waals surface area contributed by atoms with Gasteiger partial charge in [-0.15, -0.1) is 0 Å². The van der Waals surface area contributed by atoms with Gasteiger partial charge in [-0.1, -0.05) is 17.7 Å². The molecule has 4 nitrogen and oxygen atoms in total. The molecule has 1 N–H and O–H groups in total. The van der Waals surface area contributed by atoms with Gasteiger partial charge in [-0.05, 0) is 17.7 Å². The Morgan fingerprint density at radius 3 is 2.89 bits per heavy atom. The maximum atomic E-state index is 10.2. The van der Waals surface area contributed by atoms with Gasteiger partial charge in [-0.2, -0.15) is 5.10 Å². The van der Waals surface area contributed by atoms with Gasteiger partial charge >= 0.3 is 0 Å². The number of aryl methyl sites for hydroxylation is 1. The van der Waals surface area contributed by atoms with Crippen molar-refractivity contribution in [1.29, 1.82) is 0 Å². The molecule has 1 aromatic carbocycles. The molecule has 2 rings (SSSR count). The largest absolute Gasteiger partial charge is 0.496 e. The molecule has 0 spiro atoms. The van der Waals surface area contributed by atoms with E-state index >= 15 is 0 Å². The number of nitrogens with zero attached hydrogens (tertiary/aromatic N) is 2. The average molecular weight is 267 g/mol. The van der Waals surface area contributed by atoms with Crippen LogP contribution in [0, 0.1) is 0 Å². The summed E-state index contributed by atoms with van der Waals surface area (Å²) in [7, 11) is 3.41. The molecular formula is C13H15ClN2O2. The van der Waals surface area contributed by atoms with Crippen molar-refractivity contribution < 1.29 is 9.84 Å². The summed E-state index contributed by atoms with van der Waals surface area (Å²) in [5.41, 5.74) is 1.70. The lowest BCUT2D eigenvalue weighted by Crippen LogP contribution is -2.03. The summed E-state index contributed by atoms with van der Waals surface area (Å²) >= 11 is 5.89. The minimum atomic E-state index is -0.638. The van der Waals surface area contributed by atoms with E-state index < -0.39 is 6.10 Å². The van der Waals surface area contributed by atoms with E-state index in [4.69, 9.17) is 16.3 Å². The highest BCUT2D eigenvalue weighted by Crippen LogP contribution is 2.30. The Bertz CT molecular complexity index is 540. The minimum absolute atomic E-state index is 0.492. The second-order valence-electron chi connectivity index (χ2n) is 4.13. The molecule has 1 heterocycles. The van der Waals surface area contributed by atoms with Crippen molar-refractivity contribution >= 4 is 11.6 Å². The van der Waals surface area contributed by atoms with Crippen molar-refractivity contribution in [3.8, 4) is 5.75 Å². The second-order valence-corrected chi connectivity index (χ2v) is 4.56. The molecule has 5 heteroatoms. The molecule has 0 aliphatic heterocycles. The van der Waals surface area contributed by atoms with Crippen LogP contribution in [0.3, 0.4) is 0 Å². The third kappa shape index (κ3) is 2.83. The van der Waals surface area contributed by atoms with Gasteiger partial charge in [-0.25, -0.2) is 0 Å². The number of rotatable bonds is 4. The van der Waals surface area contributed by atoms with Gasteiger partial charge in [0.1, 0.15) is 5.75 Å². The molecule has 0 amide bonds. The van der Waals surface area contributed by atoms with Gasteiger partial charge in [0.2, 0.25) is 0 Å². The Morgan fingerprint density at radius 1 is 1.50 bits per heavy atom. The molecule has 0 aliphatic rings. The fraction of sp³-hybridized carbons (Fsp3) is 0.308. The van der Waals surface area contributed by atoms with Gasteiger partial charge in [-0.3, -0.25) is 4.68 Å². The van der Waals surface area contributed by atoms with Crippen molar-refractivity contribution in [1.82, 2.24) is 9.78 Å². The highest BCUT2D eigenvalue weighted by Gasteiger charge is 2.15. The van der Waals surface area contributed by atoms with E-state index in [1.807, 2.05) is 13.2 Å². The van der Waals surface area contributed by atoms with Gasteiger partial charge < -0.3 is 9.84 Å². The van der Waals surface area contributed by atoms with Crippen LogP contribution in [0.2, 0.25) is 5.02 Å². The first-order valence-corrected chi connectivity index (χ1v) is 5.97. The number of benzene rings is 1. The number of methoxy groups -OCH3 is 1. The Morgan fingerprint density at radius 2 is 2.28 bits per heavy atom. The molecule has 0 radical (unpaired) electrons. The molecule has 96 valence electrons. The van der Waals surface area contributed by atoms with Crippen molar-refractivity contribution in [2.45, 2.75) is 12.5 Å². The monoisotopic (exact) mass is 266 g/mol. The van der Waals surface area contributed by atoms with Crippen molar-refractivity contribution in [2.24, 2.45) is 7.05 Å². The quantitative estimate of drug-likeness (QED) is 0.924. The molecule has 18 heavy (non-hydrogen) atoms. The maximum Gasteiger partial charge on any atom is 0.126 e. The lowest BCUT2D eigenvalue weighted by molar-refractivity contribution is 0.174. The number of hydrogen-bond donors (Lipinski definition) is 1. The van der Waals surface area contributed by atoms with Crippen LogP contribution in [0.15, 0.2) is 30.6 Å². The fourth-order valence-electron chi connectivity index (χ4n) is 1.87. The van der Waals surface area contributed by atoms with Crippen LogP contribution in [0.5, 0.6) is 5.75 Å². The summed E-state index contributed by atoms with van der Waals surface area (Å²) in [5.74, 6) is 0.596. The first kappa shape index (κ1) is 12.9. The molecule has 0 bridgehead atoms. The van der Waals surface area contributed by atoms with Gasteiger partial charge in [0, 0.05) is 30.3 Å². The third-order valence-corrected chi connectivity index (χ3v) is 2.98. The summed E-state index contributed by atoms with van der Waals surface area (Å²) in [6, 6.07) is 5.22. The molecule has 1 unspecified atom stereocenters. The molecule has 0 fully saturated rings. The average Bonchev–Trinajstić information content (AvgIpc) is 2.74. The maximum absolute atomic E-state index is 10.2. The number of hydrogen-bond acceptors (Lipinski definition) is 3. The van der Waals surface area contributed by atoms with Crippen LogP contribution in [-0.2, 0) is 13.5 Å². The van der Waals surface area contributed by atoms with Crippen molar-refractivity contribution in [2.75, 3.05) is 7.11 Å². The standard InChI is InChI=1S/C13H15ClN2O2/c1-16-8-9(7-15-16)5-12(17)11-4-3-10(14)6-13(11)18-2/h3-4,6-8,12,17H,5H2,1-2H3. The summed E-state index contributed by atoms with van der Waals surface area (Å²) < 4.78 is 6.93. The SMILES string of the molecule is COc1cc(Cl)ccc1C(O)Cc1cnn(C)c1. The van der Waals surface area contributed by atoms with E-state index in [9.17, 15) is 5.11 Å². The van der Waals surface area contributed by atoms with Crippen LogP contribution in [0.25, 0.3) is 0 Å². The van der Waals surface area contributed by atoms with Gasteiger partial charge in [0.15, 0.2) is 0 Å². The van der Waals surface area contributed by atoms with E-state index in [1.54, 1.807) is 36.2 Å². The smallest absolute Gasteiger partial charge is 0.126 e. The first-order chi connectivity index (χ1) is 8.60. The summed E-state index contributed by atoms with van der Waals surface area (Å²) in [5, 5.41) is 14.9. The highest BCUT2D eigenvalue weighted by molar-refractivity contribution is 6.30. The summed E-state index contributed by atoms with van der Waals surface area (Å²) in [6.07, 6.45) is 3.48.